The minimum absolute atomic E-state index is 0.0292. The summed E-state index contributed by atoms with van der Waals surface area (Å²) in [7, 11) is 0. The summed E-state index contributed by atoms with van der Waals surface area (Å²) in [6.45, 7) is -0.995. The predicted octanol–water partition coefficient (Wildman–Crippen LogP) is 1.48. The van der Waals surface area contributed by atoms with Gasteiger partial charge in [-0.1, -0.05) is 0 Å². The normalized spacial score (nSPS) is 9.72. The molecule has 0 saturated heterocycles. The van der Waals surface area contributed by atoms with Crippen molar-refractivity contribution < 1.29 is 24.0 Å². The molecule has 1 amide bonds. The number of ether oxygens (including phenoxy) is 2. The third kappa shape index (κ3) is 5.56. The Labute approximate surface area is 144 Å². The molecule has 1 heterocycles. The molecule has 1 aromatic heterocycles. The zero-order chi connectivity index (χ0) is 18.2. The summed E-state index contributed by atoms with van der Waals surface area (Å²) in [5, 5.41) is 21.3. The number of rotatable bonds is 7. The van der Waals surface area contributed by atoms with Crippen molar-refractivity contribution in [2.24, 2.45) is 0 Å². The Kier molecular flexibility index (Phi) is 5.97. The van der Waals surface area contributed by atoms with E-state index in [1.54, 1.807) is 0 Å². The van der Waals surface area contributed by atoms with Crippen LogP contribution in [0.4, 0.5) is 10.1 Å². The van der Waals surface area contributed by atoms with Crippen molar-refractivity contribution in [2.45, 2.75) is 0 Å². The highest BCUT2D eigenvalue weighted by molar-refractivity contribution is 7.18. The molecule has 0 aliphatic carbocycles. The lowest BCUT2D eigenvalue weighted by molar-refractivity contribution is -0.380. The summed E-state index contributed by atoms with van der Waals surface area (Å²) in [6, 6.07) is 8.05. The van der Waals surface area contributed by atoms with E-state index < -0.39 is 30.0 Å². The second-order valence-electron chi connectivity index (χ2n) is 4.39. The van der Waals surface area contributed by atoms with Gasteiger partial charge in [0.05, 0.1) is 16.6 Å². The van der Waals surface area contributed by atoms with E-state index in [4.69, 9.17) is 14.7 Å². The Bertz CT molecular complexity index is 827. The molecule has 10 nitrogen and oxygen atoms in total. The van der Waals surface area contributed by atoms with Crippen LogP contribution >= 0.6 is 11.3 Å². The number of aromatic nitrogens is 1. The molecule has 0 aliphatic rings. The molecule has 11 heteroatoms. The maximum Gasteiger partial charge on any atom is 0.345 e. The molecular formula is C14H10N4O6S. The zero-order valence-corrected chi connectivity index (χ0v) is 13.3. The van der Waals surface area contributed by atoms with Gasteiger partial charge in [0.25, 0.3) is 5.91 Å². The number of anilines is 1. The zero-order valence-electron chi connectivity index (χ0n) is 12.5. The number of benzene rings is 1. The molecule has 0 radical (unpaired) electrons. The first kappa shape index (κ1) is 17.8. The smallest absolute Gasteiger partial charge is 0.345 e. The lowest BCUT2D eigenvalue weighted by Gasteiger charge is -2.06. The molecule has 0 aliphatic heterocycles. The summed E-state index contributed by atoms with van der Waals surface area (Å²) in [5.74, 6) is -1.09. The first-order chi connectivity index (χ1) is 12.0. The molecule has 128 valence electrons. The van der Waals surface area contributed by atoms with Gasteiger partial charge in [-0.15, -0.1) is 0 Å². The van der Waals surface area contributed by atoms with Crippen LogP contribution in [0.1, 0.15) is 5.56 Å². The number of nitrogens with one attached hydrogen (secondary N) is 1. The number of nitriles is 1. The maximum atomic E-state index is 11.6. The highest BCUT2D eigenvalue weighted by Gasteiger charge is 2.14. The first-order valence-corrected chi connectivity index (χ1v) is 7.48. The first-order valence-electron chi connectivity index (χ1n) is 6.66. The van der Waals surface area contributed by atoms with Crippen LogP contribution in [0.15, 0.2) is 30.5 Å². The summed E-state index contributed by atoms with van der Waals surface area (Å²) in [6.07, 6.45) is 1.01. The molecule has 1 aromatic carbocycles. The third-order valence-corrected chi connectivity index (χ3v) is 3.49. The number of amides is 1. The van der Waals surface area contributed by atoms with Crippen molar-refractivity contribution in [3.8, 4) is 11.8 Å². The minimum atomic E-state index is -0.773. The number of nitro groups is 1. The van der Waals surface area contributed by atoms with Crippen molar-refractivity contribution in [2.75, 3.05) is 18.5 Å². The molecule has 1 N–H and O–H groups in total. The molecule has 0 bridgehead atoms. The average Bonchev–Trinajstić information content (AvgIpc) is 3.07. The van der Waals surface area contributed by atoms with Crippen molar-refractivity contribution >= 4 is 33.3 Å². The molecule has 0 atom stereocenters. The van der Waals surface area contributed by atoms with Crippen molar-refractivity contribution in [1.82, 2.24) is 4.98 Å². The van der Waals surface area contributed by atoms with Crippen LogP contribution in [0, 0.1) is 21.4 Å². The number of nitrogens with zero attached hydrogens (tertiary/aromatic N) is 3. The molecule has 25 heavy (non-hydrogen) atoms. The molecule has 2 rings (SSSR count). The van der Waals surface area contributed by atoms with Crippen LogP contribution in [-0.2, 0) is 14.3 Å². The monoisotopic (exact) mass is 362 g/mol. The van der Waals surface area contributed by atoms with Crippen LogP contribution in [0.3, 0.4) is 0 Å². The second kappa shape index (κ2) is 8.37. The largest absolute Gasteiger partial charge is 0.482 e. The summed E-state index contributed by atoms with van der Waals surface area (Å²) in [5.41, 5.74) is 0.453. The molecular weight excluding hydrogens is 352 g/mol. The van der Waals surface area contributed by atoms with Gasteiger partial charge < -0.3 is 9.47 Å². The van der Waals surface area contributed by atoms with Gasteiger partial charge in [-0.2, -0.15) is 5.26 Å². The van der Waals surface area contributed by atoms with Gasteiger partial charge in [0.2, 0.25) is 0 Å². The fourth-order valence-corrected chi connectivity index (χ4v) is 2.17. The highest BCUT2D eigenvalue weighted by atomic mass is 32.1. The van der Waals surface area contributed by atoms with Gasteiger partial charge in [-0.3, -0.25) is 20.2 Å². The van der Waals surface area contributed by atoms with Crippen LogP contribution in [0.5, 0.6) is 5.75 Å². The van der Waals surface area contributed by atoms with Crippen LogP contribution in [0.2, 0.25) is 0 Å². The Hall–Kier alpha value is -3.52. The number of carbonyl (C=O) groups is 2. The fourth-order valence-electron chi connectivity index (χ4n) is 1.52. The Morgan fingerprint density at radius 1 is 1.32 bits per heavy atom. The van der Waals surface area contributed by atoms with Gasteiger partial charge in [0.1, 0.15) is 11.9 Å². The molecule has 0 unspecified atom stereocenters. The van der Waals surface area contributed by atoms with E-state index in [1.807, 2.05) is 6.07 Å². The third-order valence-electron chi connectivity index (χ3n) is 2.62. The van der Waals surface area contributed by atoms with Gasteiger partial charge in [0, 0.05) is 0 Å². The Morgan fingerprint density at radius 3 is 2.64 bits per heavy atom. The van der Waals surface area contributed by atoms with Gasteiger partial charge in [-0.25, -0.2) is 9.78 Å². The van der Waals surface area contributed by atoms with E-state index in [2.05, 4.69) is 10.3 Å². The van der Waals surface area contributed by atoms with Crippen molar-refractivity contribution in [1.29, 1.82) is 5.26 Å². The quantitative estimate of drug-likeness (QED) is 0.443. The molecule has 0 fully saturated rings. The van der Waals surface area contributed by atoms with E-state index in [0.717, 1.165) is 6.20 Å². The van der Waals surface area contributed by atoms with Crippen molar-refractivity contribution in [3.05, 3.63) is 46.1 Å². The maximum absolute atomic E-state index is 11.6. The number of carbonyl (C=O) groups excluding carboxylic acids is 2. The highest BCUT2D eigenvalue weighted by Crippen LogP contribution is 2.24. The molecule has 0 saturated carbocycles. The lowest BCUT2D eigenvalue weighted by Crippen LogP contribution is -2.23. The number of thiazole rings is 1. The average molecular weight is 362 g/mol. The minimum Gasteiger partial charge on any atom is -0.482 e. The van der Waals surface area contributed by atoms with E-state index in [-0.39, 0.29) is 10.1 Å². The number of hydrogen-bond acceptors (Lipinski definition) is 9. The molecule has 2 aromatic rings. The predicted molar refractivity (Wildman–Crippen MR) is 85.0 cm³/mol. The van der Waals surface area contributed by atoms with Crippen LogP contribution in [-0.4, -0.2) is 35.0 Å². The Morgan fingerprint density at radius 2 is 2.04 bits per heavy atom. The Balaban J connectivity index is 1.72. The van der Waals surface area contributed by atoms with Gasteiger partial charge in [0.15, 0.2) is 18.3 Å². The van der Waals surface area contributed by atoms with Gasteiger partial charge >= 0.3 is 11.0 Å². The summed E-state index contributed by atoms with van der Waals surface area (Å²) >= 11 is 0.684. The topological polar surface area (TPSA) is 144 Å². The number of hydrogen-bond donors (Lipinski definition) is 1. The second-order valence-corrected chi connectivity index (χ2v) is 5.40. The van der Waals surface area contributed by atoms with Crippen LogP contribution < -0.4 is 10.1 Å². The van der Waals surface area contributed by atoms with E-state index >= 15 is 0 Å². The van der Waals surface area contributed by atoms with Gasteiger partial charge in [-0.05, 0) is 35.6 Å². The standard InChI is InChI=1S/C14H10N4O6S/c15-5-9-1-3-10(4-2-9)23-8-13(20)24-7-11(19)17-14-16-6-12(25-14)18(21)22/h1-4,6H,7-8H2,(H,16,17,19). The fraction of sp³-hybridized carbons (Fsp3) is 0.143. The lowest BCUT2D eigenvalue weighted by atomic mass is 10.2. The summed E-state index contributed by atoms with van der Waals surface area (Å²) < 4.78 is 9.86. The van der Waals surface area contributed by atoms with Crippen molar-refractivity contribution in [3.63, 3.8) is 0 Å². The van der Waals surface area contributed by atoms with E-state index in [1.165, 1.54) is 24.3 Å². The summed E-state index contributed by atoms with van der Waals surface area (Å²) in [4.78, 5) is 36.6. The van der Waals surface area contributed by atoms with E-state index in [9.17, 15) is 19.7 Å². The van der Waals surface area contributed by atoms with Crippen LogP contribution in [0.25, 0.3) is 0 Å². The molecule has 0 spiro atoms. The number of esters is 1. The van der Waals surface area contributed by atoms with E-state index in [0.29, 0.717) is 22.6 Å². The SMILES string of the molecule is N#Cc1ccc(OCC(=O)OCC(=O)Nc2ncc([N+](=O)[O-])s2)cc1.